The zero-order chi connectivity index (χ0) is 23.5. The fourth-order valence-corrected chi connectivity index (χ4v) is 5.69. The number of anilines is 1. The van der Waals surface area contributed by atoms with Crippen molar-refractivity contribution in [2.75, 3.05) is 18.5 Å². The fraction of sp³-hybridized carbons (Fsp3) is 0.474. The normalized spacial score (nSPS) is 13.4. The predicted octanol–water partition coefficient (Wildman–Crippen LogP) is 0.618. The van der Waals surface area contributed by atoms with Gasteiger partial charge >= 0.3 is 5.97 Å². The number of rotatable bonds is 9. The highest BCUT2D eigenvalue weighted by molar-refractivity contribution is 7.89. The largest absolute Gasteiger partial charge is 0.456 e. The maximum atomic E-state index is 12.2. The van der Waals surface area contributed by atoms with Crippen LogP contribution in [0, 0.1) is 6.92 Å². The van der Waals surface area contributed by atoms with Crippen LogP contribution in [0.2, 0.25) is 0 Å². The summed E-state index contributed by atoms with van der Waals surface area (Å²) in [6.45, 7) is 0.896. The number of nitrogens with two attached hydrogens (primary N) is 1. The topological polar surface area (TPSA) is 162 Å². The second kappa shape index (κ2) is 9.79. The van der Waals surface area contributed by atoms with Gasteiger partial charge in [-0.05, 0) is 38.2 Å². The number of primary amides is 1. The smallest absolute Gasteiger partial charge is 0.307 e. The van der Waals surface area contributed by atoms with Crippen molar-refractivity contribution in [3.63, 3.8) is 0 Å². The Morgan fingerprint density at radius 2 is 2.00 bits per heavy atom. The van der Waals surface area contributed by atoms with E-state index in [0.29, 0.717) is 16.4 Å². The second-order valence-electron chi connectivity index (χ2n) is 7.37. The van der Waals surface area contributed by atoms with Crippen LogP contribution in [0.25, 0.3) is 0 Å². The van der Waals surface area contributed by atoms with Gasteiger partial charge in [0.15, 0.2) is 11.6 Å². The van der Waals surface area contributed by atoms with Crippen LogP contribution >= 0.6 is 11.3 Å². The molecule has 0 unspecified atom stereocenters. The van der Waals surface area contributed by atoms with Gasteiger partial charge in [-0.3, -0.25) is 14.4 Å². The number of carbonyl (C=O) groups excluding carboxylic acids is 3. The van der Waals surface area contributed by atoms with E-state index >= 15 is 0 Å². The highest BCUT2D eigenvalue weighted by atomic mass is 32.2. The minimum atomic E-state index is -3.86. The molecule has 13 heteroatoms. The Morgan fingerprint density at radius 1 is 1.28 bits per heavy atom. The number of carbonyl (C=O) groups is 3. The molecule has 0 spiro atoms. The van der Waals surface area contributed by atoms with E-state index in [1.165, 1.54) is 17.5 Å². The number of aromatic nitrogens is 2. The number of esters is 1. The van der Waals surface area contributed by atoms with Crippen LogP contribution in [0.5, 0.6) is 0 Å². The van der Waals surface area contributed by atoms with Gasteiger partial charge in [0.1, 0.15) is 10.8 Å². The lowest BCUT2D eigenvalue weighted by molar-refractivity contribution is -0.147. The molecule has 2 amide bonds. The van der Waals surface area contributed by atoms with Crippen molar-refractivity contribution in [2.45, 2.75) is 44.1 Å². The monoisotopic (exact) mass is 483 g/mol. The van der Waals surface area contributed by atoms with Gasteiger partial charge in [-0.25, -0.2) is 18.1 Å². The first-order chi connectivity index (χ1) is 15.1. The maximum Gasteiger partial charge on any atom is 0.307 e. The number of sulfonamides is 1. The van der Waals surface area contributed by atoms with E-state index in [1.54, 1.807) is 18.5 Å². The molecule has 1 aliphatic rings. The molecule has 0 fully saturated rings. The van der Waals surface area contributed by atoms with Crippen LogP contribution < -0.4 is 15.8 Å². The first kappa shape index (κ1) is 23.9. The molecule has 2 heterocycles. The van der Waals surface area contributed by atoms with Gasteiger partial charge in [0, 0.05) is 24.7 Å². The van der Waals surface area contributed by atoms with Crippen molar-refractivity contribution in [3.05, 3.63) is 28.0 Å². The Labute approximate surface area is 189 Å². The number of nitrogens with one attached hydrogen (secondary N) is 2. The number of nitrogens with zero attached hydrogens (tertiary/aromatic N) is 2. The Balaban J connectivity index is 1.48. The third-order valence-electron chi connectivity index (χ3n) is 5.02. The van der Waals surface area contributed by atoms with Gasteiger partial charge in [-0.2, -0.15) is 0 Å². The number of aryl methyl sites for hydroxylation is 3. The average Bonchev–Trinajstić information content (AvgIpc) is 3.26. The van der Waals surface area contributed by atoms with Gasteiger partial charge in [0.05, 0.1) is 12.0 Å². The van der Waals surface area contributed by atoms with Gasteiger partial charge < -0.3 is 20.4 Å². The standard InChI is InChI=1S/C19H25N5O6S2/c1-11-22-15(9-24(11)2)32(28,29)21-8-7-16(26)30-10-14(25)23-19-17(18(20)27)12-5-3-4-6-13(12)31-19/h9,21H,3-8,10H2,1-2H3,(H2,20,27)(H,23,25). The van der Waals surface area contributed by atoms with Crippen molar-refractivity contribution in [1.29, 1.82) is 0 Å². The number of ether oxygens (including phenoxy) is 1. The molecule has 0 bridgehead atoms. The van der Waals surface area contributed by atoms with Gasteiger partial charge in [0.25, 0.3) is 21.8 Å². The molecule has 4 N–H and O–H groups in total. The first-order valence-electron chi connectivity index (χ1n) is 9.98. The molecule has 11 nitrogen and oxygen atoms in total. The van der Waals surface area contributed by atoms with E-state index < -0.39 is 34.4 Å². The average molecular weight is 484 g/mol. The number of amides is 2. The summed E-state index contributed by atoms with van der Waals surface area (Å²) in [5.74, 6) is -1.43. The summed E-state index contributed by atoms with van der Waals surface area (Å²) in [5, 5.41) is 2.81. The highest BCUT2D eigenvalue weighted by Crippen LogP contribution is 2.37. The molecule has 0 aromatic carbocycles. The van der Waals surface area contributed by atoms with Gasteiger partial charge in [-0.15, -0.1) is 11.3 Å². The predicted molar refractivity (Wildman–Crippen MR) is 117 cm³/mol. The van der Waals surface area contributed by atoms with Crippen molar-refractivity contribution >= 4 is 44.1 Å². The Bertz CT molecular complexity index is 1130. The Hall–Kier alpha value is -2.77. The SMILES string of the molecule is Cc1nc(S(=O)(=O)NCCC(=O)OCC(=O)Nc2sc3c(c2C(N)=O)CCCC3)cn1C. The summed E-state index contributed by atoms with van der Waals surface area (Å²) < 4.78 is 33.1. The molecule has 3 rings (SSSR count). The molecule has 174 valence electrons. The van der Waals surface area contributed by atoms with E-state index in [0.717, 1.165) is 36.1 Å². The van der Waals surface area contributed by atoms with Gasteiger partial charge in [0.2, 0.25) is 0 Å². The van der Waals surface area contributed by atoms with Crippen LogP contribution in [0.4, 0.5) is 5.00 Å². The van der Waals surface area contributed by atoms with Crippen molar-refractivity contribution < 1.29 is 27.5 Å². The molecule has 0 saturated carbocycles. The summed E-state index contributed by atoms with van der Waals surface area (Å²) in [6.07, 6.45) is 4.64. The van der Waals surface area contributed by atoms with Crippen molar-refractivity contribution in [2.24, 2.45) is 12.8 Å². The van der Waals surface area contributed by atoms with E-state index in [-0.39, 0.29) is 18.0 Å². The molecule has 0 radical (unpaired) electrons. The van der Waals surface area contributed by atoms with E-state index in [4.69, 9.17) is 10.5 Å². The Morgan fingerprint density at radius 3 is 2.66 bits per heavy atom. The summed E-state index contributed by atoms with van der Waals surface area (Å²) in [7, 11) is -2.19. The second-order valence-corrected chi connectivity index (χ2v) is 10.2. The lowest BCUT2D eigenvalue weighted by Crippen LogP contribution is -2.28. The van der Waals surface area contributed by atoms with Gasteiger partial charge in [-0.1, -0.05) is 0 Å². The zero-order valence-electron chi connectivity index (χ0n) is 17.8. The van der Waals surface area contributed by atoms with Crippen LogP contribution in [-0.2, 0) is 44.2 Å². The van der Waals surface area contributed by atoms with E-state index in [1.807, 2.05) is 0 Å². The summed E-state index contributed by atoms with van der Waals surface area (Å²) in [5.41, 5.74) is 6.70. The van der Waals surface area contributed by atoms with Crippen molar-refractivity contribution in [3.8, 4) is 0 Å². The summed E-state index contributed by atoms with van der Waals surface area (Å²) in [4.78, 5) is 40.9. The zero-order valence-corrected chi connectivity index (χ0v) is 19.4. The fourth-order valence-electron chi connectivity index (χ4n) is 3.31. The van der Waals surface area contributed by atoms with Crippen LogP contribution in [0.15, 0.2) is 11.2 Å². The number of thiophene rings is 1. The number of fused-ring (bicyclic) bond motifs is 1. The molecular formula is C19H25N5O6S2. The lowest BCUT2D eigenvalue weighted by atomic mass is 9.95. The van der Waals surface area contributed by atoms with Crippen LogP contribution in [0.1, 0.15) is 45.9 Å². The molecule has 2 aromatic heterocycles. The summed E-state index contributed by atoms with van der Waals surface area (Å²) in [6, 6.07) is 0. The number of imidazole rings is 1. The van der Waals surface area contributed by atoms with Crippen molar-refractivity contribution in [1.82, 2.24) is 14.3 Å². The number of hydrogen-bond donors (Lipinski definition) is 3. The summed E-state index contributed by atoms with van der Waals surface area (Å²) >= 11 is 1.31. The first-order valence-corrected chi connectivity index (χ1v) is 12.3. The van der Waals surface area contributed by atoms with E-state index in [9.17, 15) is 22.8 Å². The van der Waals surface area contributed by atoms with Crippen LogP contribution in [-0.4, -0.2) is 48.9 Å². The number of hydrogen-bond acceptors (Lipinski definition) is 8. The molecule has 0 atom stereocenters. The Kier molecular flexibility index (Phi) is 7.31. The lowest BCUT2D eigenvalue weighted by Gasteiger charge is -2.11. The molecule has 0 saturated heterocycles. The molecular weight excluding hydrogens is 458 g/mol. The molecule has 1 aliphatic carbocycles. The van der Waals surface area contributed by atoms with E-state index in [2.05, 4.69) is 15.0 Å². The minimum absolute atomic E-state index is 0.144. The minimum Gasteiger partial charge on any atom is -0.456 e. The maximum absolute atomic E-state index is 12.2. The van der Waals surface area contributed by atoms with Crippen LogP contribution in [0.3, 0.4) is 0 Å². The highest BCUT2D eigenvalue weighted by Gasteiger charge is 2.25. The third-order valence-corrected chi connectivity index (χ3v) is 7.56. The third kappa shape index (κ3) is 5.53. The molecule has 2 aromatic rings. The molecule has 32 heavy (non-hydrogen) atoms. The quantitative estimate of drug-likeness (QED) is 0.440. The molecule has 0 aliphatic heterocycles.